The minimum absolute atomic E-state index is 0.256. The van der Waals surface area contributed by atoms with E-state index in [4.69, 9.17) is 4.98 Å². The van der Waals surface area contributed by atoms with Crippen molar-refractivity contribution in [1.29, 1.82) is 0 Å². The summed E-state index contributed by atoms with van der Waals surface area (Å²) in [5.74, 6) is 2.08. The van der Waals surface area contributed by atoms with Gasteiger partial charge in [0.1, 0.15) is 17.5 Å². The normalized spacial score (nSPS) is 12.1. The van der Waals surface area contributed by atoms with Crippen LogP contribution in [-0.4, -0.2) is 24.9 Å². The van der Waals surface area contributed by atoms with Gasteiger partial charge in [-0.15, -0.1) is 0 Å². The summed E-state index contributed by atoms with van der Waals surface area (Å²) in [5.41, 5.74) is 4.94. The zero-order valence-electron chi connectivity index (χ0n) is 20.1. The van der Waals surface area contributed by atoms with E-state index in [0.717, 1.165) is 55.4 Å². The molecule has 6 heteroatoms. The van der Waals surface area contributed by atoms with Crippen molar-refractivity contribution in [3.63, 3.8) is 0 Å². The number of aromatic amines is 2. The van der Waals surface area contributed by atoms with Crippen molar-refractivity contribution >= 4 is 32.6 Å². The van der Waals surface area contributed by atoms with Crippen LogP contribution in [0.4, 0.5) is 4.39 Å². The van der Waals surface area contributed by atoms with Crippen molar-refractivity contribution in [3.8, 4) is 22.4 Å². The third kappa shape index (κ3) is 3.48. The van der Waals surface area contributed by atoms with Crippen molar-refractivity contribution in [3.05, 3.63) is 78.5 Å². The van der Waals surface area contributed by atoms with Crippen molar-refractivity contribution in [2.24, 2.45) is 0 Å². The van der Waals surface area contributed by atoms with E-state index in [2.05, 4.69) is 59.8 Å². The van der Waals surface area contributed by atoms with Crippen LogP contribution < -0.4 is 0 Å². The van der Waals surface area contributed by atoms with Crippen molar-refractivity contribution < 1.29 is 4.39 Å². The fourth-order valence-electron chi connectivity index (χ4n) is 4.72. The molecule has 6 rings (SSSR count). The highest BCUT2D eigenvalue weighted by molar-refractivity contribution is 6.23. The molecule has 2 N–H and O–H groups in total. The third-order valence-electron chi connectivity index (χ3n) is 6.66. The molecule has 0 aliphatic carbocycles. The van der Waals surface area contributed by atoms with Crippen LogP contribution >= 0.6 is 0 Å². The van der Waals surface area contributed by atoms with E-state index in [9.17, 15) is 0 Å². The van der Waals surface area contributed by atoms with Crippen LogP contribution in [0.5, 0.6) is 0 Å². The van der Waals surface area contributed by atoms with Crippen molar-refractivity contribution in [1.82, 2.24) is 24.9 Å². The third-order valence-corrected chi connectivity index (χ3v) is 6.66. The second-order valence-corrected chi connectivity index (χ2v) is 9.71. The lowest BCUT2D eigenvalue weighted by Gasteiger charge is -2.10. The fraction of sp³-hybridized carbons (Fsp3) is 0.207. The molecule has 0 saturated heterocycles. The highest BCUT2D eigenvalue weighted by Gasteiger charge is 2.16. The summed E-state index contributed by atoms with van der Waals surface area (Å²) >= 11 is 0. The van der Waals surface area contributed by atoms with E-state index in [0.29, 0.717) is 11.3 Å². The average molecular weight is 464 g/mol. The molecule has 5 nitrogen and oxygen atoms in total. The Hall–Kier alpha value is -4.06. The second-order valence-electron chi connectivity index (χ2n) is 9.71. The van der Waals surface area contributed by atoms with Gasteiger partial charge in [-0.05, 0) is 46.2 Å². The molecular weight excluding hydrogens is 437 g/mol. The predicted molar refractivity (Wildman–Crippen MR) is 140 cm³/mol. The Morgan fingerprint density at radius 2 is 1.51 bits per heavy atom. The molecular formula is C29H26FN5. The van der Waals surface area contributed by atoms with Crippen molar-refractivity contribution in [2.45, 2.75) is 39.5 Å². The lowest BCUT2D eigenvalue weighted by atomic mass is 9.96. The number of H-pyrrole nitrogens is 2. The molecule has 0 unspecified atom stereocenters. The molecule has 0 saturated carbocycles. The molecule has 174 valence electrons. The molecule has 0 amide bonds. The van der Waals surface area contributed by atoms with Crippen LogP contribution in [-0.2, 0) is 0 Å². The molecule has 0 atom stereocenters. The number of benzene rings is 3. The Morgan fingerprint density at radius 1 is 0.743 bits per heavy atom. The Bertz CT molecular complexity index is 1720. The van der Waals surface area contributed by atoms with Crippen LogP contribution in [0.3, 0.4) is 0 Å². The van der Waals surface area contributed by atoms with E-state index >= 15 is 4.39 Å². The van der Waals surface area contributed by atoms with E-state index in [1.54, 1.807) is 18.5 Å². The average Bonchev–Trinajstić information content (AvgIpc) is 3.52. The maximum absolute atomic E-state index is 15.2. The van der Waals surface area contributed by atoms with Crippen LogP contribution in [0, 0.1) is 5.82 Å². The van der Waals surface area contributed by atoms with Crippen LogP contribution in [0.15, 0.2) is 61.1 Å². The van der Waals surface area contributed by atoms with Gasteiger partial charge in [0.15, 0.2) is 0 Å². The Labute approximate surface area is 202 Å². The molecule has 0 radical (unpaired) electrons. The zero-order valence-corrected chi connectivity index (χ0v) is 20.1. The summed E-state index contributed by atoms with van der Waals surface area (Å²) in [6.07, 6.45) is 5.38. The van der Waals surface area contributed by atoms with E-state index in [1.165, 1.54) is 0 Å². The number of aromatic nitrogens is 5. The summed E-state index contributed by atoms with van der Waals surface area (Å²) in [5, 5.41) is 4.28. The first kappa shape index (κ1) is 21.5. The number of hydrogen-bond acceptors (Lipinski definition) is 3. The molecule has 6 aromatic rings. The maximum Gasteiger partial charge on any atom is 0.133 e. The van der Waals surface area contributed by atoms with Gasteiger partial charge < -0.3 is 9.97 Å². The van der Waals surface area contributed by atoms with E-state index in [-0.39, 0.29) is 17.7 Å². The SMILES string of the molecule is CC(C)c1ncc(-c2ccc(-c3ccc4c(c3)c3ccncc3c3nc(C(C)C)[nH]c43)cc2F)[nH]1. The number of halogens is 1. The highest BCUT2D eigenvalue weighted by atomic mass is 19.1. The number of rotatable bonds is 4. The summed E-state index contributed by atoms with van der Waals surface area (Å²) in [6, 6.07) is 13.7. The summed E-state index contributed by atoms with van der Waals surface area (Å²) in [4.78, 5) is 20.4. The molecule has 3 heterocycles. The van der Waals surface area contributed by atoms with Gasteiger partial charge in [0.05, 0.1) is 22.9 Å². The first-order valence-corrected chi connectivity index (χ1v) is 11.9. The quantitative estimate of drug-likeness (QED) is 0.263. The standard InChI is InChI=1S/C29H26FN5/c1-15(2)28-32-14-25(33-28)21-8-6-18(12-24(21)30)17-5-7-20-22(11-17)19-9-10-31-13-23(19)27-26(20)34-29(35-27)16(3)4/h5-16H,1-4H3,(H,32,33)(H,34,35). The zero-order chi connectivity index (χ0) is 24.3. The first-order chi connectivity index (χ1) is 16.9. The van der Waals surface area contributed by atoms with Gasteiger partial charge in [-0.1, -0.05) is 45.9 Å². The van der Waals surface area contributed by atoms with Crippen LogP contribution in [0.25, 0.3) is 55.0 Å². The first-order valence-electron chi connectivity index (χ1n) is 11.9. The molecule has 0 fully saturated rings. The molecule has 35 heavy (non-hydrogen) atoms. The van der Waals surface area contributed by atoms with Gasteiger partial charge in [0, 0.05) is 40.6 Å². The topological polar surface area (TPSA) is 70.2 Å². The number of hydrogen-bond donors (Lipinski definition) is 2. The van der Waals surface area contributed by atoms with Gasteiger partial charge >= 0.3 is 0 Å². The van der Waals surface area contributed by atoms with Crippen LogP contribution in [0.1, 0.15) is 51.2 Å². The maximum atomic E-state index is 15.2. The number of nitrogens with zero attached hydrogens (tertiary/aromatic N) is 3. The lowest BCUT2D eigenvalue weighted by Crippen LogP contribution is -1.91. The van der Waals surface area contributed by atoms with Crippen LogP contribution in [0.2, 0.25) is 0 Å². The minimum Gasteiger partial charge on any atom is -0.342 e. The van der Waals surface area contributed by atoms with Gasteiger partial charge in [-0.2, -0.15) is 0 Å². The minimum atomic E-state index is -0.277. The highest BCUT2D eigenvalue weighted by Crippen LogP contribution is 2.37. The fourth-order valence-corrected chi connectivity index (χ4v) is 4.72. The van der Waals surface area contributed by atoms with Gasteiger partial charge in [0.2, 0.25) is 0 Å². The predicted octanol–water partition coefficient (Wildman–Crippen LogP) is 7.71. The summed E-state index contributed by atoms with van der Waals surface area (Å²) in [6.45, 7) is 8.37. The van der Waals surface area contributed by atoms with Gasteiger partial charge in [0.25, 0.3) is 0 Å². The lowest BCUT2D eigenvalue weighted by molar-refractivity contribution is 0.631. The Balaban J connectivity index is 1.51. The van der Waals surface area contributed by atoms with Gasteiger partial charge in [-0.3, -0.25) is 4.98 Å². The smallest absolute Gasteiger partial charge is 0.133 e. The Morgan fingerprint density at radius 3 is 2.26 bits per heavy atom. The number of pyridine rings is 1. The second kappa shape index (κ2) is 8.01. The number of imidazole rings is 2. The largest absolute Gasteiger partial charge is 0.342 e. The molecule has 0 aliphatic rings. The molecule has 3 aromatic carbocycles. The van der Waals surface area contributed by atoms with E-state index < -0.39 is 0 Å². The summed E-state index contributed by atoms with van der Waals surface area (Å²) < 4.78 is 15.2. The van der Waals surface area contributed by atoms with Gasteiger partial charge in [-0.25, -0.2) is 14.4 Å². The number of nitrogens with one attached hydrogen (secondary N) is 2. The molecule has 0 bridgehead atoms. The molecule has 0 spiro atoms. The molecule has 0 aliphatic heterocycles. The monoisotopic (exact) mass is 463 g/mol. The molecule has 3 aromatic heterocycles. The Kier molecular flexibility index (Phi) is 4.92. The number of fused-ring (bicyclic) bond motifs is 6. The van der Waals surface area contributed by atoms with E-state index in [1.807, 2.05) is 30.5 Å². The summed E-state index contributed by atoms with van der Waals surface area (Å²) in [7, 11) is 0. The van der Waals surface area contributed by atoms with Crippen molar-refractivity contribution in [2.75, 3.05) is 0 Å².